The van der Waals surface area contributed by atoms with Crippen molar-refractivity contribution in [2.75, 3.05) is 19.0 Å². The third-order valence-corrected chi connectivity index (χ3v) is 3.78. The minimum atomic E-state index is 0.356. The van der Waals surface area contributed by atoms with Gasteiger partial charge in [0.05, 0.1) is 19.0 Å². The van der Waals surface area contributed by atoms with Gasteiger partial charge in [-0.25, -0.2) is 0 Å². The molecule has 0 spiro atoms. The molecule has 1 aromatic carbocycles. The standard InChI is InChI=1S/C15H19N3O/c1-3-18-15(14(19-2)10-17-18)12-8-9-16-13-7-5-4-6-11(12)13/h4-7,10,12,16H,3,8-9H2,1-2H3. The van der Waals surface area contributed by atoms with Crippen LogP contribution in [0, 0.1) is 0 Å². The maximum atomic E-state index is 5.49. The van der Waals surface area contributed by atoms with E-state index in [1.807, 2.05) is 10.9 Å². The Balaban J connectivity index is 2.11. The highest BCUT2D eigenvalue weighted by Crippen LogP contribution is 2.39. The Morgan fingerprint density at radius 1 is 1.42 bits per heavy atom. The summed E-state index contributed by atoms with van der Waals surface area (Å²) in [5, 5.41) is 7.88. The quantitative estimate of drug-likeness (QED) is 0.919. The lowest BCUT2D eigenvalue weighted by molar-refractivity contribution is 0.403. The van der Waals surface area contributed by atoms with Gasteiger partial charge in [-0.1, -0.05) is 18.2 Å². The second-order valence-corrected chi connectivity index (χ2v) is 4.77. The van der Waals surface area contributed by atoms with Gasteiger partial charge in [-0.3, -0.25) is 4.68 Å². The van der Waals surface area contributed by atoms with E-state index in [1.54, 1.807) is 7.11 Å². The molecule has 1 aromatic heterocycles. The molecule has 0 fully saturated rings. The Morgan fingerprint density at radius 2 is 2.26 bits per heavy atom. The molecular formula is C15H19N3O. The average molecular weight is 257 g/mol. The number of rotatable bonds is 3. The van der Waals surface area contributed by atoms with Gasteiger partial charge in [0.1, 0.15) is 0 Å². The number of aryl methyl sites for hydroxylation is 1. The van der Waals surface area contributed by atoms with Crippen molar-refractivity contribution in [1.82, 2.24) is 9.78 Å². The van der Waals surface area contributed by atoms with Crippen molar-refractivity contribution in [3.05, 3.63) is 41.7 Å². The van der Waals surface area contributed by atoms with Crippen LogP contribution in [0.5, 0.6) is 5.75 Å². The SMILES string of the molecule is CCn1ncc(OC)c1C1CCNc2ccccc21. The highest BCUT2D eigenvalue weighted by Gasteiger charge is 2.27. The van der Waals surface area contributed by atoms with Crippen LogP contribution in [0.3, 0.4) is 0 Å². The van der Waals surface area contributed by atoms with Crippen molar-refractivity contribution in [2.24, 2.45) is 0 Å². The summed E-state index contributed by atoms with van der Waals surface area (Å²) in [5.74, 6) is 1.25. The van der Waals surface area contributed by atoms with E-state index in [0.717, 1.165) is 25.3 Å². The number of fused-ring (bicyclic) bond motifs is 1. The zero-order chi connectivity index (χ0) is 13.2. The third kappa shape index (κ3) is 1.97. The molecule has 100 valence electrons. The van der Waals surface area contributed by atoms with Crippen LogP contribution >= 0.6 is 0 Å². The molecule has 1 aliphatic heterocycles. The zero-order valence-corrected chi connectivity index (χ0v) is 11.4. The Morgan fingerprint density at radius 3 is 3.05 bits per heavy atom. The van der Waals surface area contributed by atoms with Crippen LogP contribution in [-0.4, -0.2) is 23.4 Å². The van der Waals surface area contributed by atoms with E-state index in [-0.39, 0.29) is 0 Å². The lowest BCUT2D eigenvalue weighted by atomic mass is 9.88. The van der Waals surface area contributed by atoms with Crippen LogP contribution in [0.1, 0.15) is 30.5 Å². The normalized spacial score (nSPS) is 17.7. The molecule has 0 saturated heterocycles. The largest absolute Gasteiger partial charge is 0.493 e. The number of ether oxygens (including phenoxy) is 1. The molecule has 0 saturated carbocycles. The zero-order valence-electron chi connectivity index (χ0n) is 11.4. The molecule has 1 N–H and O–H groups in total. The Bertz CT molecular complexity index is 555. The van der Waals surface area contributed by atoms with Crippen LogP contribution in [0.25, 0.3) is 0 Å². The summed E-state index contributed by atoms with van der Waals surface area (Å²) in [6, 6.07) is 8.50. The number of nitrogens with one attached hydrogen (secondary N) is 1. The second kappa shape index (κ2) is 4.96. The van der Waals surface area contributed by atoms with Gasteiger partial charge in [0.2, 0.25) is 0 Å². The first kappa shape index (κ1) is 12.1. The molecule has 0 bridgehead atoms. The van der Waals surface area contributed by atoms with Crippen LogP contribution in [0.2, 0.25) is 0 Å². The van der Waals surface area contributed by atoms with E-state index in [1.165, 1.54) is 16.9 Å². The van der Waals surface area contributed by atoms with Gasteiger partial charge in [0.25, 0.3) is 0 Å². The first-order chi connectivity index (χ1) is 9.35. The number of benzene rings is 1. The predicted molar refractivity (Wildman–Crippen MR) is 75.8 cm³/mol. The van der Waals surface area contributed by atoms with Crippen molar-refractivity contribution in [3.8, 4) is 5.75 Å². The first-order valence-electron chi connectivity index (χ1n) is 6.77. The summed E-state index contributed by atoms with van der Waals surface area (Å²) in [6.45, 7) is 3.97. The molecule has 0 amide bonds. The number of hydrogen-bond donors (Lipinski definition) is 1. The van der Waals surface area contributed by atoms with Crippen molar-refractivity contribution in [2.45, 2.75) is 25.8 Å². The third-order valence-electron chi connectivity index (χ3n) is 3.78. The molecule has 2 aromatic rings. The predicted octanol–water partition coefficient (Wildman–Crippen LogP) is 2.86. The van der Waals surface area contributed by atoms with Crippen molar-refractivity contribution in [3.63, 3.8) is 0 Å². The Labute approximate surface area is 113 Å². The average Bonchev–Trinajstić information content (AvgIpc) is 2.89. The maximum absolute atomic E-state index is 5.49. The summed E-state index contributed by atoms with van der Waals surface area (Å²) in [6.07, 6.45) is 2.89. The fourth-order valence-electron chi connectivity index (χ4n) is 2.89. The molecule has 0 aliphatic carbocycles. The first-order valence-corrected chi connectivity index (χ1v) is 6.77. The minimum Gasteiger partial charge on any atom is -0.493 e. The molecule has 2 heterocycles. The topological polar surface area (TPSA) is 39.1 Å². The van der Waals surface area contributed by atoms with Crippen LogP contribution in [-0.2, 0) is 6.54 Å². The van der Waals surface area contributed by atoms with E-state index in [0.29, 0.717) is 5.92 Å². The number of methoxy groups -OCH3 is 1. The van der Waals surface area contributed by atoms with Gasteiger partial charge in [-0.2, -0.15) is 5.10 Å². The van der Waals surface area contributed by atoms with Crippen LogP contribution in [0.4, 0.5) is 5.69 Å². The molecular weight excluding hydrogens is 238 g/mol. The molecule has 4 heteroatoms. The maximum Gasteiger partial charge on any atom is 0.160 e. The van der Waals surface area contributed by atoms with Crippen molar-refractivity contribution < 1.29 is 4.74 Å². The van der Waals surface area contributed by atoms with Crippen molar-refractivity contribution >= 4 is 5.69 Å². The Kier molecular flexibility index (Phi) is 3.15. The van der Waals surface area contributed by atoms with Gasteiger partial charge in [0.15, 0.2) is 5.75 Å². The van der Waals surface area contributed by atoms with E-state index in [2.05, 4.69) is 41.6 Å². The smallest absolute Gasteiger partial charge is 0.160 e. The van der Waals surface area contributed by atoms with E-state index in [9.17, 15) is 0 Å². The fourth-order valence-corrected chi connectivity index (χ4v) is 2.89. The minimum absolute atomic E-state index is 0.356. The van der Waals surface area contributed by atoms with E-state index in [4.69, 9.17) is 4.74 Å². The summed E-state index contributed by atoms with van der Waals surface area (Å²) in [5.41, 5.74) is 3.76. The molecule has 4 nitrogen and oxygen atoms in total. The molecule has 0 radical (unpaired) electrons. The summed E-state index contributed by atoms with van der Waals surface area (Å²) in [7, 11) is 1.72. The van der Waals surface area contributed by atoms with Crippen LogP contribution in [0.15, 0.2) is 30.5 Å². The number of aromatic nitrogens is 2. The highest BCUT2D eigenvalue weighted by atomic mass is 16.5. The lowest BCUT2D eigenvalue weighted by Gasteiger charge is -2.27. The summed E-state index contributed by atoms with van der Waals surface area (Å²) < 4.78 is 7.54. The second-order valence-electron chi connectivity index (χ2n) is 4.77. The molecule has 1 unspecified atom stereocenters. The number of nitrogens with zero attached hydrogens (tertiary/aromatic N) is 2. The molecule has 3 rings (SSSR count). The number of anilines is 1. The highest BCUT2D eigenvalue weighted by molar-refractivity contribution is 5.57. The lowest BCUT2D eigenvalue weighted by Crippen LogP contribution is -2.20. The van der Waals surface area contributed by atoms with Gasteiger partial charge in [-0.15, -0.1) is 0 Å². The number of hydrogen-bond acceptors (Lipinski definition) is 3. The fraction of sp³-hybridized carbons (Fsp3) is 0.400. The van der Waals surface area contributed by atoms with Gasteiger partial charge < -0.3 is 10.1 Å². The van der Waals surface area contributed by atoms with Gasteiger partial charge >= 0.3 is 0 Å². The Hall–Kier alpha value is -1.97. The molecule has 1 aliphatic rings. The van der Waals surface area contributed by atoms with E-state index >= 15 is 0 Å². The monoisotopic (exact) mass is 257 g/mol. The summed E-state index contributed by atoms with van der Waals surface area (Å²) >= 11 is 0. The summed E-state index contributed by atoms with van der Waals surface area (Å²) in [4.78, 5) is 0. The number of para-hydroxylation sites is 1. The van der Waals surface area contributed by atoms with Gasteiger partial charge in [-0.05, 0) is 25.0 Å². The molecule has 1 atom stereocenters. The van der Waals surface area contributed by atoms with E-state index < -0.39 is 0 Å². The molecule has 19 heavy (non-hydrogen) atoms. The van der Waals surface area contributed by atoms with Crippen molar-refractivity contribution in [1.29, 1.82) is 0 Å². The van der Waals surface area contributed by atoms with Gasteiger partial charge in [0, 0.05) is 24.7 Å². The van der Waals surface area contributed by atoms with Crippen LogP contribution < -0.4 is 10.1 Å².